The Morgan fingerprint density at radius 2 is 1.82 bits per heavy atom. The molecule has 8 nitrogen and oxygen atoms in total. The van der Waals surface area contributed by atoms with Crippen LogP contribution in [0.5, 0.6) is 0 Å². The van der Waals surface area contributed by atoms with Gasteiger partial charge in [-0.25, -0.2) is 0 Å². The highest BCUT2D eigenvalue weighted by molar-refractivity contribution is 7.85. The number of amides is 1. The van der Waals surface area contributed by atoms with Crippen LogP contribution < -0.4 is 0 Å². The number of fused-ring (bicyclic) bond motifs is 2. The lowest BCUT2D eigenvalue weighted by atomic mass is 9.70. The fraction of sp³-hybridized carbons (Fsp3) is 0.552. The summed E-state index contributed by atoms with van der Waals surface area (Å²) in [5.74, 6) is 0.0306. The Hall–Kier alpha value is -2.33. The van der Waals surface area contributed by atoms with Gasteiger partial charge in [0.1, 0.15) is 11.9 Å². The molecule has 2 unspecified atom stereocenters. The van der Waals surface area contributed by atoms with Crippen molar-refractivity contribution in [2.24, 2.45) is 16.7 Å². The number of carbonyl (C=O) groups is 2. The summed E-state index contributed by atoms with van der Waals surface area (Å²) in [6.45, 7) is 7.00. The number of benzene rings is 1. The minimum Gasteiger partial charge on any atom is -0.364 e. The van der Waals surface area contributed by atoms with Crippen LogP contribution in [0.25, 0.3) is 0 Å². The summed E-state index contributed by atoms with van der Waals surface area (Å²) in [5.41, 5.74) is 0.798. The minimum atomic E-state index is -4.08. The van der Waals surface area contributed by atoms with Crippen LogP contribution in [0, 0.1) is 16.7 Å². The molecule has 2 heterocycles. The molecule has 0 spiro atoms. The molecule has 3 fully saturated rings. The number of nitrogens with zero attached hydrogens (tertiary/aromatic N) is 2. The molecule has 1 saturated heterocycles. The molecule has 212 valence electrons. The topological polar surface area (TPSA) is 114 Å². The Morgan fingerprint density at radius 3 is 2.31 bits per heavy atom. The zero-order valence-electron chi connectivity index (χ0n) is 22.7. The standard InChI is InChI=1S/C19H21ClN2O2.C10H16O4S/c1-14(23)22-12-9-17(10-13-22)24-19(18-4-2-3-11-21-18)15-5-7-16(20)8-6-15;1-9(2)7-3-4-10(9,8(11)5-7)6-15(12,13)14/h2-8,11,17,19H,9-10,12-13H2,1H3;7H,3-6H2,1-2H3,(H,12,13,14)/t19-;/m0./s1. The van der Waals surface area contributed by atoms with Gasteiger partial charge in [0.05, 0.1) is 23.0 Å². The average molecular weight is 577 g/mol. The predicted molar refractivity (Wildman–Crippen MR) is 149 cm³/mol. The van der Waals surface area contributed by atoms with Gasteiger partial charge in [-0.05, 0) is 66.8 Å². The van der Waals surface area contributed by atoms with Crippen LogP contribution in [0.4, 0.5) is 0 Å². The third kappa shape index (κ3) is 6.53. The summed E-state index contributed by atoms with van der Waals surface area (Å²) < 4.78 is 37.4. The second kappa shape index (κ2) is 11.6. The van der Waals surface area contributed by atoms with Crippen molar-refractivity contribution in [3.05, 3.63) is 64.9 Å². The number of carbonyl (C=O) groups excluding carboxylic acids is 2. The second-order valence-electron chi connectivity index (χ2n) is 11.4. The number of hydrogen-bond donors (Lipinski definition) is 1. The maximum Gasteiger partial charge on any atom is 0.265 e. The molecule has 2 aromatic rings. The van der Waals surface area contributed by atoms with E-state index in [-0.39, 0.29) is 35.2 Å². The van der Waals surface area contributed by atoms with Crippen molar-refractivity contribution in [2.75, 3.05) is 18.8 Å². The minimum absolute atomic E-state index is 0.0152. The lowest BCUT2D eigenvalue weighted by molar-refractivity contribution is -0.132. The number of pyridine rings is 1. The molecule has 1 amide bonds. The van der Waals surface area contributed by atoms with E-state index in [1.807, 2.05) is 61.2 Å². The number of aromatic nitrogens is 1. The molecule has 2 saturated carbocycles. The largest absolute Gasteiger partial charge is 0.364 e. The Labute approximate surface area is 235 Å². The smallest absolute Gasteiger partial charge is 0.265 e. The second-order valence-corrected chi connectivity index (χ2v) is 13.3. The Balaban J connectivity index is 0.000000202. The quantitative estimate of drug-likeness (QED) is 0.475. The SMILES string of the molecule is CC(=O)N1CCC(O[C@@H](c2ccc(Cl)cc2)c2ccccn2)CC1.CC1(C)C2CCC1(CS(=O)(=O)O)C(=O)C2. The molecule has 10 heteroatoms. The number of piperidine rings is 1. The van der Waals surface area contributed by atoms with Gasteiger partial charge in [-0.1, -0.05) is 43.6 Å². The highest BCUT2D eigenvalue weighted by Crippen LogP contribution is 2.64. The first-order valence-corrected chi connectivity index (χ1v) is 15.4. The molecule has 1 N–H and O–H groups in total. The number of ketones is 1. The number of Topliss-reactive ketones (excluding diaryl/α,β-unsaturated/α-hetero) is 1. The summed E-state index contributed by atoms with van der Waals surface area (Å²) in [5, 5.41) is 0.702. The molecule has 2 bridgehead atoms. The highest BCUT2D eigenvalue weighted by atomic mass is 35.5. The van der Waals surface area contributed by atoms with Crippen molar-refractivity contribution in [3.63, 3.8) is 0 Å². The molecule has 3 aliphatic rings. The third-order valence-corrected chi connectivity index (χ3v) is 10.0. The van der Waals surface area contributed by atoms with Gasteiger partial charge in [0.2, 0.25) is 5.91 Å². The average Bonchev–Trinajstić information content (AvgIpc) is 3.22. The normalized spacial score (nSPS) is 25.2. The van der Waals surface area contributed by atoms with Crippen molar-refractivity contribution in [1.82, 2.24) is 9.88 Å². The summed E-state index contributed by atoms with van der Waals surface area (Å²) in [7, 11) is -4.08. The van der Waals surface area contributed by atoms with E-state index >= 15 is 0 Å². The van der Waals surface area contributed by atoms with Crippen molar-refractivity contribution in [3.8, 4) is 0 Å². The van der Waals surface area contributed by atoms with E-state index in [9.17, 15) is 18.0 Å². The number of likely N-dealkylation sites (tertiary alicyclic amines) is 1. The fourth-order valence-corrected chi connectivity index (χ4v) is 7.83. The summed E-state index contributed by atoms with van der Waals surface area (Å²) in [4.78, 5) is 29.7. The van der Waals surface area contributed by atoms with Crippen LogP contribution in [-0.4, -0.2) is 59.5 Å². The lowest BCUT2D eigenvalue weighted by Gasteiger charge is -2.35. The first-order valence-electron chi connectivity index (χ1n) is 13.4. The molecule has 5 rings (SSSR count). The van der Waals surface area contributed by atoms with Crippen LogP contribution in [0.3, 0.4) is 0 Å². The van der Waals surface area contributed by atoms with E-state index < -0.39 is 21.3 Å². The molecule has 3 atom stereocenters. The summed E-state index contributed by atoms with van der Waals surface area (Å²) in [6, 6.07) is 13.5. The van der Waals surface area contributed by atoms with Gasteiger partial charge in [0, 0.05) is 37.7 Å². The zero-order chi connectivity index (χ0) is 28.4. The highest BCUT2D eigenvalue weighted by Gasteiger charge is 2.65. The molecule has 2 aliphatic carbocycles. The molecule has 1 aromatic heterocycles. The Kier molecular flexibility index (Phi) is 8.86. The molecular formula is C29H37ClN2O6S. The number of rotatable bonds is 6. The van der Waals surface area contributed by atoms with Crippen LogP contribution in [0.1, 0.15) is 70.2 Å². The summed E-state index contributed by atoms with van der Waals surface area (Å²) >= 11 is 6.01. The molecule has 0 radical (unpaired) electrons. The number of hydrogen-bond acceptors (Lipinski definition) is 6. The number of halogens is 1. The van der Waals surface area contributed by atoms with Crippen LogP contribution in [0.2, 0.25) is 5.02 Å². The van der Waals surface area contributed by atoms with Crippen LogP contribution >= 0.6 is 11.6 Å². The molecule has 1 aromatic carbocycles. The van der Waals surface area contributed by atoms with E-state index in [4.69, 9.17) is 20.9 Å². The third-order valence-electron chi connectivity index (χ3n) is 8.91. The van der Waals surface area contributed by atoms with Gasteiger partial charge < -0.3 is 9.64 Å². The maximum absolute atomic E-state index is 11.9. The van der Waals surface area contributed by atoms with Crippen molar-refractivity contribution >= 4 is 33.4 Å². The van der Waals surface area contributed by atoms with Gasteiger partial charge in [-0.2, -0.15) is 8.42 Å². The van der Waals surface area contributed by atoms with Crippen LogP contribution in [-0.2, 0) is 24.4 Å². The lowest BCUT2D eigenvalue weighted by Crippen LogP contribution is -2.42. The first kappa shape index (κ1) is 29.6. The van der Waals surface area contributed by atoms with Gasteiger partial charge >= 0.3 is 0 Å². The van der Waals surface area contributed by atoms with Gasteiger partial charge in [0.25, 0.3) is 10.1 Å². The van der Waals surface area contributed by atoms with Gasteiger partial charge in [-0.3, -0.25) is 19.1 Å². The predicted octanol–water partition coefficient (Wildman–Crippen LogP) is 5.12. The van der Waals surface area contributed by atoms with Crippen LogP contribution in [0.15, 0.2) is 48.7 Å². The van der Waals surface area contributed by atoms with E-state index in [0.717, 1.165) is 43.6 Å². The zero-order valence-corrected chi connectivity index (χ0v) is 24.2. The number of ether oxygens (including phenoxy) is 1. The van der Waals surface area contributed by atoms with E-state index in [1.165, 1.54) is 0 Å². The van der Waals surface area contributed by atoms with E-state index in [0.29, 0.717) is 17.9 Å². The Morgan fingerprint density at radius 1 is 1.15 bits per heavy atom. The maximum atomic E-state index is 11.9. The molecular weight excluding hydrogens is 540 g/mol. The molecule has 39 heavy (non-hydrogen) atoms. The Bertz CT molecular complexity index is 1280. The molecule has 1 aliphatic heterocycles. The monoisotopic (exact) mass is 576 g/mol. The van der Waals surface area contributed by atoms with E-state index in [2.05, 4.69) is 4.98 Å². The first-order chi connectivity index (χ1) is 18.3. The fourth-order valence-electron chi connectivity index (χ4n) is 6.41. The van der Waals surface area contributed by atoms with Gasteiger partial charge in [0.15, 0.2) is 0 Å². The van der Waals surface area contributed by atoms with E-state index in [1.54, 1.807) is 13.1 Å². The van der Waals surface area contributed by atoms with Crippen molar-refractivity contribution in [2.45, 2.75) is 65.1 Å². The summed E-state index contributed by atoms with van der Waals surface area (Å²) in [6.07, 6.45) is 5.33. The van der Waals surface area contributed by atoms with Crippen molar-refractivity contribution < 1.29 is 27.3 Å². The van der Waals surface area contributed by atoms with Crippen molar-refractivity contribution in [1.29, 1.82) is 0 Å². The van der Waals surface area contributed by atoms with Gasteiger partial charge in [-0.15, -0.1) is 0 Å².